The Hall–Kier alpha value is -0.520. The van der Waals surface area contributed by atoms with Crippen molar-refractivity contribution in [1.29, 1.82) is 0 Å². The highest BCUT2D eigenvalue weighted by molar-refractivity contribution is 9.10. The maximum atomic E-state index is 14.3. The minimum atomic E-state index is -0.540. The Morgan fingerprint density at radius 2 is 2.10 bits per heavy atom. The summed E-state index contributed by atoms with van der Waals surface area (Å²) in [6, 6.07) is 2.23. The molecule has 1 fully saturated rings. The SMILES string of the molecule is CCCNC(c1c(F)ccc(Br)c1F)C(OC)C1CC1. The van der Waals surface area contributed by atoms with Crippen LogP contribution in [-0.4, -0.2) is 19.8 Å². The smallest absolute Gasteiger partial charge is 0.145 e. The van der Waals surface area contributed by atoms with Crippen molar-refractivity contribution in [2.75, 3.05) is 13.7 Å². The fraction of sp³-hybridized carbons (Fsp3) is 0.600. The second-order valence-corrected chi connectivity index (χ2v) is 6.08. The van der Waals surface area contributed by atoms with E-state index < -0.39 is 17.7 Å². The van der Waals surface area contributed by atoms with Crippen LogP contribution in [-0.2, 0) is 4.74 Å². The van der Waals surface area contributed by atoms with Gasteiger partial charge >= 0.3 is 0 Å². The van der Waals surface area contributed by atoms with E-state index in [0.29, 0.717) is 12.5 Å². The lowest BCUT2D eigenvalue weighted by Gasteiger charge is -2.28. The number of ether oxygens (including phenoxy) is 1. The number of halogens is 3. The highest BCUT2D eigenvalue weighted by atomic mass is 79.9. The Labute approximate surface area is 127 Å². The van der Waals surface area contributed by atoms with Crippen molar-refractivity contribution in [1.82, 2.24) is 5.32 Å². The monoisotopic (exact) mass is 347 g/mol. The molecule has 1 aromatic rings. The Morgan fingerprint density at radius 3 is 2.65 bits per heavy atom. The summed E-state index contributed by atoms with van der Waals surface area (Å²) in [6.45, 7) is 2.72. The summed E-state index contributed by atoms with van der Waals surface area (Å²) in [4.78, 5) is 0. The molecule has 2 atom stereocenters. The molecule has 5 heteroatoms. The molecule has 2 nitrogen and oxygen atoms in total. The second-order valence-electron chi connectivity index (χ2n) is 5.23. The minimum Gasteiger partial charge on any atom is -0.379 e. The van der Waals surface area contributed by atoms with Crippen LogP contribution in [0.2, 0.25) is 0 Å². The number of methoxy groups -OCH3 is 1. The van der Waals surface area contributed by atoms with E-state index in [1.165, 1.54) is 12.1 Å². The second kappa shape index (κ2) is 6.96. The summed E-state index contributed by atoms with van der Waals surface area (Å²) >= 11 is 3.13. The average molecular weight is 348 g/mol. The Morgan fingerprint density at radius 1 is 1.40 bits per heavy atom. The Balaban J connectivity index is 2.37. The molecule has 0 aromatic heterocycles. The minimum absolute atomic E-state index is 0.0755. The quantitative estimate of drug-likeness (QED) is 0.746. The zero-order chi connectivity index (χ0) is 14.7. The summed E-state index contributed by atoms with van der Waals surface area (Å²) in [7, 11) is 1.61. The molecule has 0 radical (unpaired) electrons. The molecule has 2 rings (SSSR count). The van der Waals surface area contributed by atoms with Crippen LogP contribution in [0.1, 0.15) is 37.8 Å². The predicted molar refractivity (Wildman–Crippen MR) is 78.6 cm³/mol. The number of benzene rings is 1. The largest absolute Gasteiger partial charge is 0.379 e. The van der Waals surface area contributed by atoms with Crippen LogP contribution < -0.4 is 5.32 Å². The molecule has 0 aliphatic heterocycles. The third-order valence-electron chi connectivity index (χ3n) is 3.69. The van der Waals surface area contributed by atoms with Crippen LogP contribution in [0, 0.1) is 17.6 Å². The maximum Gasteiger partial charge on any atom is 0.145 e. The van der Waals surface area contributed by atoms with E-state index in [0.717, 1.165) is 19.3 Å². The van der Waals surface area contributed by atoms with Gasteiger partial charge in [-0.1, -0.05) is 6.92 Å². The van der Waals surface area contributed by atoms with Crippen molar-refractivity contribution >= 4 is 15.9 Å². The van der Waals surface area contributed by atoms with Gasteiger partial charge in [-0.25, -0.2) is 8.78 Å². The molecule has 112 valence electrons. The van der Waals surface area contributed by atoms with E-state index in [1.807, 2.05) is 6.92 Å². The molecule has 1 aliphatic carbocycles. The van der Waals surface area contributed by atoms with Gasteiger partial charge in [-0.15, -0.1) is 0 Å². The molecule has 1 saturated carbocycles. The topological polar surface area (TPSA) is 21.3 Å². The molecule has 20 heavy (non-hydrogen) atoms. The first-order valence-electron chi connectivity index (χ1n) is 6.99. The van der Waals surface area contributed by atoms with Crippen molar-refractivity contribution in [2.24, 2.45) is 5.92 Å². The standard InChI is InChI=1S/C15H20BrF2NO/c1-3-8-19-14(15(20-2)9-4-5-9)12-11(17)7-6-10(16)13(12)18/h6-7,9,14-15,19H,3-5,8H2,1-2H3. The van der Waals surface area contributed by atoms with E-state index in [9.17, 15) is 8.78 Å². The molecule has 0 amide bonds. The normalized spacial score (nSPS) is 18.1. The van der Waals surface area contributed by atoms with Gasteiger partial charge < -0.3 is 10.1 Å². The lowest BCUT2D eigenvalue weighted by Crippen LogP contribution is -2.36. The lowest BCUT2D eigenvalue weighted by molar-refractivity contribution is 0.0484. The number of hydrogen-bond donors (Lipinski definition) is 1. The molecule has 1 N–H and O–H groups in total. The van der Waals surface area contributed by atoms with Gasteiger partial charge in [0.15, 0.2) is 0 Å². The molecule has 0 saturated heterocycles. The summed E-state index contributed by atoms with van der Waals surface area (Å²) in [5.74, 6) is -0.685. The Bertz CT molecular complexity index is 465. The van der Waals surface area contributed by atoms with Crippen molar-refractivity contribution in [3.8, 4) is 0 Å². The van der Waals surface area contributed by atoms with E-state index in [4.69, 9.17) is 4.74 Å². The summed E-state index contributed by atoms with van der Waals surface area (Å²) in [5.41, 5.74) is 0.0755. The van der Waals surface area contributed by atoms with E-state index in [-0.39, 0.29) is 16.1 Å². The maximum absolute atomic E-state index is 14.3. The summed E-state index contributed by atoms with van der Waals surface area (Å²) < 4.78 is 34.3. The summed E-state index contributed by atoms with van der Waals surface area (Å²) in [5, 5.41) is 3.24. The van der Waals surface area contributed by atoms with Crippen molar-refractivity contribution in [3.63, 3.8) is 0 Å². The van der Waals surface area contributed by atoms with Crippen LogP contribution >= 0.6 is 15.9 Å². The highest BCUT2D eigenvalue weighted by Crippen LogP contribution is 2.41. The molecular formula is C15H20BrF2NO. The lowest BCUT2D eigenvalue weighted by atomic mass is 9.96. The third-order valence-corrected chi connectivity index (χ3v) is 4.30. The highest BCUT2D eigenvalue weighted by Gasteiger charge is 2.39. The Kier molecular flexibility index (Phi) is 5.52. The first kappa shape index (κ1) is 15.9. The number of nitrogens with one attached hydrogen (secondary N) is 1. The zero-order valence-electron chi connectivity index (χ0n) is 11.8. The van der Waals surface area contributed by atoms with Crippen molar-refractivity contribution < 1.29 is 13.5 Å². The predicted octanol–water partition coefficient (Wildman–Crippen LogP) is 4.19. The van der Waals surface area contributed by atoms with E-state index in [1.54, 1.807) is 7.11 Å². The van der Waals surface area contributed by atoms with E-state index in [2.05, 4.69) is 21.2 Å². The van der Waals surface area contributed by atoms with Crippen molar-refractivity contribution in [3.05, 3.63) is 33.8 Å². The molecule has 0 bridgehead atoms. The molecule has 0 spiro atoms. The van der Waals surface area contributed by atoms with Gasteiger partial charge in [-0.3, -0.25) is 0 Å². The van der Waals surface area contributed by atoms with Crippen molar-refractivity contribution in [2.45, 2.75) is 38.3 Å². The molecule has 1 aliphatic rings. The van der Waals surface area contributed by atoms with Crippen LogP contribution in [0.4, 0.5) is 8.78 Å². The van der Waals surface area contributed by atoms with Gasteiger partial charge in [0.25, 0.3) is 0 Å². The fourth-order valence-electron chi connectivity index (χ4n) is 2.54. The average Bonchev–Trinajstić information content (AvgIpc) is 3.25. The summed E-state index contributed by atoms with van der Waals surface area (Å²) in [6.07, 6.45) is 2.81. The van der Waals surface area contributed by atoms with Crippen LogP contribution in [0.25, 0.3) is 0 Å². The van der Waals surface area contributed by atoms with Gasteiger partial charge in [0.05, 0.1) is 16.6 Å². The first-order valence-corrected chi connectivity index (χ1v) is 7.79. The number of rotatable bonds is 7. The van der Waals surface area contributed by atoms with Gasteiger partial charge in [-0.2, -0.15) is 0 Å². The zero-order valence-corrected chi connectivity index (χ0v) is 13.3. The molecule has 0 heterocycles. The first-order chi connectivity index (χ1) is 9.60. The molecular weight excluding hydrogens is 328 g/mol. The van der Waals surface area contributed by atoms with Crippen LogP contribution in [0.3, 0.4) is 0 Å². The van der Waals surface area contributed by atoms with Gasteiger partial charge in [0.1, 0.15) is 11.6 Å². The van der Waals surface area contributed by atoms with E-state index >= 15 is 0 Å². The number of hydrogen-bond acceptors (Lipinski definition) is 2. The van der Waals surface area contributed by atoms with Crippen LogP contribution in [0.15, 0.2) is 16.6 Å². The third kappa shape index (κ3) is 3.38. The molecule has 2 unspecified atom stereocenters. The molecule has 1 aromatic carbocycles. The van der Waals surface area contributed by atoms with Crippen LogP contribution in [0.5, 0.6) is 0 Å². The van der Waals surface area contributed by atoms with Gasteiger partial charge in [-0.05, 0) is 59.8 Å². The fourth-order valence-corrected chi connectivity index (χ4v) is 2.88. The van der Waals surface area contributed by atoms with Gasteiger partial charge in [0.2, 0.25) is 0 Å². The van der Waals surface area contributed by atoms with Gasteiger partial charge in [0, 0.05) is 12.7 Å².